The number of cyclic esters (lactones) is 4. The van der Waals surface area contributed by atoms with Gasteiger partial charge in [0.05, 0.1) is 24.7 Å². The van der Waals surface area contributed by atoms with Gasteiger partial charge in [-0.2, -0.15) is 0 Å². The molecular formula is C45H72O10. The van der Waals surface area contributed by atoms with E-state index in [1.165, 1.54) is 0 Å². The molecule has 2 aliphatic rings. The molecule has 2 fully saturated rings. The van der Waals surface area contributed by atoms with Crippen LogP contribution in [0.5, 0.6) is 0 Å². The second-order valence-electron chi connectivity index (χ2n) is 16.1. The minimum Gasteiger partial charge on any atom is -0.481 e. The summed E-state index contributed by atoms with van der Waals surface area (Å²) in [4.78, 5) is 71.7. The minimum absolute atomic E-state index is 0.0806. The average molecular weight is 773 g/mol. The van der Waals surface area contributed by atoms with E-state index in [1.807, 2.05) is 0 Å². The van der Waals surface area contributed by atoms with E-state index in [-0.39, 0.29) is 37.5 Å². The molecule has 2 rings (SSSR count). The van der Waals surface area contributed by atoms with Crippen LogP contribution in [0.4, 0.5) is 0 Å². The summed E-state index contributed by atoms with van der Waals surface area (Å²) in [6, 6.07) is 0. The molecule has 2 heterocycles. The van der Waals surface area contributed by atoms with Gasteiger partial charge in [0.15, 0.2) is 0 Å². The van der Waals surface area contributed by atoms with Gasteiger partial charge in [0.1, 0.15) is 0 Å². The maximum absolute atomic E-state index is 12.8. The Kier molecular flexibility index (Phi) is 25.2. The molecule has 312 valence electrons. The number of rotatable bonds is 34. The highest BCUT2D eigenvalue weighted by Crippen LogP contribution is 2.39. The van der Waals surface area contributed by atoms with Gasteiger partial charge in [0, 0.05) is 12.8 Å². The molecule has 0 aromatic carbocycles. The Morgan fingerprint density at radius 2 is 0.945 bits per heavy atom. The topological polar surface area (TPSA) is 161 Å². The number of hydrogen-bond acceptors (Lipinski definition) is 8. The number of carbonyl (C=O) groups excluding carboxylic acids is 4. The van der Waals surface area contributed by atoms with Crippen LogP contribution >= 0.6 is 0 Å². The fraction of sp³-hybridized carbons (Fsp3) is 0.778. The van der Waals surface area contributed by atoms with Crippen LogP contribution in [0.1, 0.15) is 187 Å². The fourth-order valence-corrected chi connectivity index (χ4v) is 8.36. The summed E-state index contributed by atoms with van der Waals surface area (Å²) < 4.78 is 10.0. The second kappa shape index (κ2) is 29.0. The van der Waals surface area contributed by atoms with Gasteiger partial charge in [-0.05, 0) is 75.0 Å². The van der Waals surface area contributed by atoms with Crippen molar-refractivity contribution in [2.75, 3.05) is 0 Å². The normalized spacial score (nSPS) is 19.6. The maximum Gasteiger partial charge on any atom is 0.317 e. The van der Waals surface area contributed by atoms with Gasteiger partial charge in [0.2, 0.25) is 0 Å². The molecule has 0 aromatic heterocycles. The number of hydrogen-bond donors (Lipinski definition) is 2. The Labute approximate surface area is 330 Å². The zero-order chi connectivity index (χ0) is 40.3. The van der Waals surface area contributed by atoms with Crippen LogP contribution in [-0.4, -0.2) is 46.0 Å². The molecule has 0 amide bonds. The summed E-state index contributed by atoms with van der Waals surface area (Å²) in [6.45, 7) is 4.26. The van der Waals surface area contributed by atoms with Gasteiger partial charge in [-0.15, -0.1) is 0 Å². The highest BCUT2D eigenvalue weighted by molar-refractivity contribution is 5.95. The van der Waals surface area contributed by atoms with Crippen LogP contribution in [0.3, 0.4) is 0 Å². The fourth-order valence-electron chi connectivity index (χ4n) is 8.36. The number of ether oxygens (including phenoxy) is 2. The number of unbranched alkanes of at least 4 members (excludes halogenated alkanes) is 13. The van der Waals surface area contributed by atoms with Crippen LogP contribution in [0.15, 0.2) is 24.3 Å². The minimum atomic E-state index is -0.750. The lowest BCUT2D eigenvalue weighted by molar-refractivity contribution is -0.155. The molecule has 2 saturated heterocycles. The van der Waals surface area contributed by atoms with Crippen molar-refractivity contribution in [3.05, 3.63) is 24.3 Å². The second-order valence-corrected chi connectivity index (χ2v) is 16.1. The first-order chi connectivity index (χ1) is 26.5. The molecule has 2 N–H and O–H groups in total. The Morgan fingerprint density at radius 3 is 1.31 bits per heavy atom. The van der Waals surface area contributed by atoms with Crippen molar-refractivity contribution in [3.63, 3.8) is 0 Å². The molecule has 0 bridgehead atoms. The van der Waals surface area contributed by atoms with E-state index in [0.29, 0.717) is 24.7 Å². The van der Waals surface area contributed by atoms with Crippen molar-refractivity contribution >= 4 is 35.8 Å². The van der Waals surface area contributed by atoms with E-state index in [1.54, 1.807) is 0 Å². The van der Waals surface area contributed by atoms with Gasteiger partial charge < -0.3 is 19.7 Å². The van der Waals surface area contributed by atoms with Gasteiger partial charge in [-0.3, -0.25) is 28.8 Å². The zero-order valence-corrected chi connectivity index (χ0v) is 34.0. The third-order valence-electron chi connectivity index (χ3n) is 11.6. The summed E-state index contributed by atoms with van der Waals surface area (Å²) in [6.07, 6.45) is 31.2. The summed E-state index contributed by atoms with van der Waals surface area (Å²) in [5.41, 5.74) is 0. The highest BCUT2D eigenvalue weighted by atomic mass is 16.6. The largest absolute Gasteiger partial charge is 0.481 e. The van der Waals surface area contributed by atoms with Crippen molar-refractivity contribution in [2.24, 2.45) is 35.5 Å². The standard InChI is InChI=1S/C45H72O10/c1-3-5-7-17-25-37(39-33-43(51)55-45(39)53)31-29-35(23-19-13-9-11-15-21-27-41(48)49)34(22-18-12-8-10-14-20-26-40(46)47)28-30-36(24-16-6-4-2)38-32-42(50)54-44(38)52/h16-17,24-25,34-39H,3-15,18-23,26-33H2,1-2H3,(H,46,47)(H,48,49)/b24-16+,25-17+. The van der Waals surface area contributed by atoms with E-state index in [4.69, 9.17) is 19.7 Å². The SMILES string of the molecule is CCC/C=C/C(CCC(CCCCCCCCC(=O)O)C(CCCCCCCCC(=O)O)CCC(/C=C/CCCC)C1CC(=O)OC1=O)C1CC(=O)OC1=O. The molecule has 10 heteroatoms. The van der Waals surface area contributed by atoms with E-state index in [2.05, 4.69) is 38.2 Å². The van der Waals surface area contributed by atoms with Crippen LogP contribution < -0.4 is 0 Å². The molecule has 0 radical (unpaired) electrons. The molecule has 2 aliphatic heterocycles. The van der Waals surface area contributed by atoms with Crippen LogP contribution in [-0.2, 0) is 38.2 Å². The van der Waals surface area contributed by atoms with Crippen molar-refractivity contribution in [2.45, 2.75) is 187 Å². The number of carbonyl (C=O) groups is 6. The molecule has 6 atom stereocenters. The summed E-state index contributed by atoms with van der Waals surface area (Å²) >= 11 is 0. The zero-order valence-electron chi connectivity index (χ0n) is 34.0. The lowest BCUT2D eigenvalue weighted by atomic mass is 9.74. The molecule has 0 spiro atoms. The first-order valence-corrected chi connectivity index (χ1v) is 21.8. The van der Waals surface area contributed by atoms with Crippen molar-refractivity contribution in [1.29, 1.82) is 0 Å². The first kappa shape index (κ1) is 47.9. The van der Waals surface area contributed by atoms with Crippen molar-refractivity contribution in [3.8, 4) is 0 Å². The number of carboxylic acid groups (broad SMARTS) is 2. The van der Waals surface area contributed by atoms with Gasteiger partial charge >= 0.3 is 35.8 Å². The van der Waals surface area contributed by atoms with E-state index in [9.17, 15) is 28.8 Å². The Hall–Kier alpha value is -3.30. The number of aliphatic carboxylic acids is 2. The van der Waals surface area contributed by atoms with E-state index >= 15 is 0 Å². The van der Waals surface area contributed by atoms with Crippen LogP contribution in [0.25, 0.3) is 0 Å². The third-order valence-corrected chi connectivity index (χ3v) is 11.6. The molecular weight excluding hydrogens is 700 g/mol. The van der Waals surface area contributed by atoms with Gasteiger partial charge in [0.25, 0.3) is 0 Å². The summed E-state index contributed by atoms with van der Waals surface area (Å²) in [5.74, 6) is -3.61. The smallest absolute Gasteiger partial charge is 0.317 e. The highest BCUT2D eigenvalue weighted by Gasteiger charge is 2.40. The molecule has 0 aliphatic carbocycles. The molecule has 0 saturated carbocycles. The van der Waals surface area contributed by atoms with Crippen molar-refractivity contribution < 1.29 is 48.5 Å². The number of allylic oxidation sites excluding steroid dienone is 4. The molecule has 10 nitrogen and oxygen atoms in total. The van der Waals surface area contributed by atoms with Crippen LogP contribution in [0, 0.1) is 35.5 Å². The lowest BCUT2D eigenvalue weighted by Crippen LogP contribution is -2.23. The van der Waals surface area contributed by atoms with E-state index < -0.39 is 47.7 Å². The lowest BCUT2D eigenvalue weighted by Gasteiger charge is -2.31. The average Bonchev–Trinajstić information content (AvgIpc) is 3.66. The Bertz CT molecular complexity index is 1220. The van der Waals surface area contributed by atoms with Gasteiger partial charge in [-0.25, -0.2) is 0 Å². The predicted octanol–water partition coefficient (Wildman–Crippen LogP) is 10.7. The maximum atomic E-state index is 12.8. The van der Waals surface area contributed by atoms with E-state index in [0.717, 1.165) is 135 Å². The predicted molar refractivity (Wildman–Crippen MR) is 213 cm³/mol. The number of esters is 4. The van der Waals surface area contributed by atoms with Crippen molar-refractivity contribution in [1.82, 2.24) is 0 Å². The molecule has 0 aromatic rings. The number of carboxylic acids is 2. The monoisotopic (exact) mass is 773 g/mol. The van der Waals surface area contributed by atoms with Gasteiger partial charge in [-0.1, -0.05) is 134 Å². The Balaban J connectivity index is 2.27. The third kappa shape index (κ3) is 21.0. The first-order valence-electron chi connectivity index (χ1n) is 21.8. The summed E-state index contributed by atoms with van der Waals surface area (Å²) in [7, 11) is 0. The quantitative estimate of drug-likeness (QED) is 0.0279. The Morgan fingerprint density at radius 1 is 0.545 bits per heavy atom. The van der Waals surface area contributed by atoms with Crippen LogP contribution in [0.2, 0.25) is 0 Å². The summed E-state index contributed by atoms with van der Waals surface area (Å²) in [5, 5.41) is 18.0. The molecule has 6 unspecified atom stereocenters. The molecule has 55 heavy (non-hydrogen) atoms.